The lowest BCUT2D eigenvalue weighted by molar-refractivity contribution is -0.149. The molecule has 230 valence electrons. The first-order valence-electron chi connectivity index (χ1n) is 13.7. The van der Waals surface area contributed by atoms with Gasteiger partial charge in [0.15, 0.2) is 18.1 Å². The van der Waals surface area contributed by atoms with E-state index in [0.29, 0.717) is 48.5 Å². The van der Waals surface area contributed by atoms with Crippen molar-refractivity contribution >= 4 is 33.6 Å². The fourth-order valence-electron chi connectivity index (χ4n) is 5.18. The lowest BCUT2D eigenvalue weighted by atomic mass is 9.88. The van der Waals surface area contributed by atoms with Crippen LogP contribution in [0.4, 0.5) is 0 Å². The number of aliphatic carboxylic acids is 1. The van der Waals surface area contributed by atoms with Crippen molar-refractivity contribution in [3.8, 4) is 17.2 Å². The van der Waals surface area contributed by atoms with E-state index in [2.05, 4.69) is 0 Å². The first kappa shape index (κ1) is 32.1. The molecule has 0 unspecified atom stereocenters. The average Bonchev–Trinajstić information content (AvgIpc) is 3.02. The van der Waals surface area contributed by atoms with E-state index < -0.39 is 40.5 Å². The van der Waals surface area contributed by atoms with Crippen molar-refractivity contribution in [3.05, 3.63) is 82.9 Å². The maximum absolute atomic E-state index is 13.4. The Morgan fingerprint density at radius 3 is 2.47 bits per heavy atom. The Labute approximate surface area is 256 Å². The quantitative estimate of drug-likeness (QED) is 0.255. The SMILES string of the molecule is COc1ccc([C@@H](CCOC(=O)[C@@H]2CCCCN2S(=O)(=O)c2cccc(Cl)c2)c2ccccc2OCC(=O)O)cc1OC. The van der Waals surface area contributed by atoms with Gasteiger partial charge in [-0.1, -0.05) is 41.9 Å². The Morgan fingerprint density at radius 2 is 1.74 bits per heavy atom. The van der Waals surface area contributed by atoms with Crippen molar-refractivity contribution in [2.24, 2.45) is 0 Å². The van der Waals surface area contributed by atoms with E-state index in [4.69, 9.17) is 30.5 Å². The molecule has 3 aromatic carbocycles. The molecular weight excluding hydrogens is 598 g/mol. The number of nitrogens with zero attached hydrogens (tertiary/aromatic N) is 1. The lowest BCUT2D eigenvalue weighted by Gasteiger charge is -2.33. The highest BCUT2D eigenvalue weighted by Crippen LogP contribution is 2.38. The van der Waals surface area contributed by atoms with Crippen LogP contribution in [-0.4, -0.2) is 69.8 Å². The minimum absolute atomic E-state index is 0.0196. The van der Waals surface area contributed by atoms with E-state index in [1.807, 2.05) is 18.2 Å². The number of halogens is 1. The summed E-state index contributed by atoms with van der Waals surface area (Å²) in [5, 5.41) is 9.46. The number of esters is 1. The number of hydrogen-bond acceptors (Lipinski definition) is 8. The molecular formula is C31H34ClNO9S. The second-order valence-electron chi connectivity index (χ2n) is 9.93. The van der Waals surface area contributed by atoms with Gasteiger partial charge in [0.2, 0.25) is 10.0 Å². The van der Waals surface area contributed by atoms with Crippen LogP contribution in [0, 0.1) is 0 Å². The van der Waals surface area contributed by atoms with Crippen LogP contribution in [0.1, 0.15) is 42.7 Å². The Kier molecular flexibility index (Phi) is 10.9. The average molecular weight is 632 g/mol. The van der Waals surface area contributed by atoms with Crippen molar-refractivity contribution in [3.63, 3.8) is 0 Å². The number of hydrogen-bond donors (Lipinski definition) is 1. The number of carbonyl (C=O) groups excluding carboxylic acids is 1. The number of rotatable bonds is 13. The van der Waals surface area contributed by atoms with Gasteiger partial charge in [-0.05, 0) is 67.6 Å². The van der Waals surface area contributed by atoms with E-state index in [1.165, 1.54) is 30.7 Å². The normalized spacial score (nSPS) is 16.2. The van der Waals surface area contributed by atoms with Crippen molar-refractivity contribution < 1.29 is 42.1 Å². The van der Waals surface area contributed by atoms with E-state index in [1.54, 1.807) is 36.4 Å². The molecule has 0 radical (unpaired) electrons. The molecule has 1 aliphatic rings. The number of piperidine rings is 1. The minimum Gasteiger partial charge on any atom is -0.493 e. The molecule has 10 nitrogen and oxygen atoms in total. The summed E-state index contributed by atoms with van der Waals surface area (Å²) in [5.41, 5.74) is 1.48. The number of carboxylic acid groups (broad SMARTS) is 1. The largest absolute Gasteiger partial charge is 0.493 e. The van der Waals surface area contributed by atoms with Crippen LogP contribution < -0.4 is 14.2 Å². The van der Waals surface area contributed by atoms with Gasteiger partial charge in [-0.2, -0.15) is 4.31 Å². The predicted octanol–water partition coefficient (Wildman–Crippen LogP) is 5.13. The minimum atomic E-state index is -3.98. The van der Waals surface area contributed by atoms with Crippen LogP contribution in [0.15, 0.2) is 71.6 Å². The molecule has 1 fully saturated rings. The molecule has 0 aliphatic carbocycles. The summed E-state index contributed by atoms with van der Waals surface area (Å²) in [4.78, 5) is 24.6. The van der Waals surface area contributed by atoms with E-state index >= 15 is 0 Å². The zero-order valence-corrected chi connectivity index (χ0v) is 25.5. The molecule has 0 saturated carbocycles. The molecule has 1 heterocycles. The monoisotopic (exact) mass is 631 g/mol. The van der Waals surface area contributed by atoms with Gasteiger partial charge in [0.05, 0.1) is 25.7 Å². The van der Waals surface area contributed by atoms with Crippen molar-refractivity contribution in [2.45, 2.75) is 42.5 Å². The van der Waals surface area contributed by atoms with E-state index in [9.17, 15) is 23.1 Å². The van der Waals surface area contributed by atoms with E-state index in [0.717, 1.165) is 5.56 Å². The molecule has 12 heteroatoms. The standard InChI is InChI=1S/C31H34ClNO9S/c1-39-28-14-13-21(18-29(28)40-2)24(25-10-3-4-12-27(25)42-20-30(34)35)15-17-41-31(36)26-11-5-6-16-33(26)43(37,38)23-9-7-8-22(32)19-23/h3-4,7-10,12-14,18-19,24,26H,5-6,11,15-17,20H2,1-2H3,(H,34,35)/t24-,26+/m1/s1. The summed E-state index contributed by atoms with van der Waals surface area (Å²) in [6, 6.07) is 17.5. The molecule has 4 rings (SSSR count). The summed E-state index contributed by atoms with van der Waals surface area (Å²) < 4.78 is 50.3. The first-order valence-corrected chi connectivity index (χ1v) is 15.6. The number of sulfonamides is 1. The molecule has 0 aromatic heterocycles. The third-order valence-electron chi connectivity index (χ3n) is 7.23. The smallest absolute Gasteiger partial charge is 0.341 e. The third-order valence-corrected chi connectivity index (χ3v) is 9.37. The first-order chi connectivity index (χ1) is 20.6. The molecule has 2 atom stereocenters. The van der Waals surface area contributed by atoms with Gasteiger partial charge in [-0.15, -0.1) is 0 Å². The topological polar surface area (TPSA) is 129 Å². The fraction of sp³-hybridized carbons (Fsp3) is 0.355. The Balaban J connectivity index is 1.57. The van der Waals surface area contributed by atoms with Crippen molar-refractivity contribution in [1.82, 2.24) is 4.31 Å². The van der Waals surface area contributed by atoms with Gasteiger partial charge in [-0.3, -0.25) is 4.79 Å². The summed E-state index contributed by atoms with van der Waals surface area (Å²) >= 11 is 6.04. The Bertz CT molecular complexity index is 1550. The summed E-state index contributed by atoms with van der Waals surface area (Å²) in [7, 11) is -0.926. The number of para-hydroxylation sites is 1. The molecule has 1 saturated heterocycles. The van der Waals surface area contributed by atoms with Gasteiger partial charge in [0.1, 0.15) is 11.8 Å². The summed E-state index contributed by atoms with van der Waals surface area (Å²) in [6.07, 6.45) is 1.94. The van der Waals surface area contributed by atoms with Gasteiger partial charge in [0, 0.05) is 23.0 Å². The van der Waals surface area contributed by atoms with Gasteiger partial charge in [-0.25, -0.2) is 13.2 Å². The second-order valence-corrected chi connectivity index (χ2v) is 12.3. The number of carbonyl (C=O) groups is 2. The molecule has 1 N–H and O–H groups in total. The van der Waals surface area contributed by atoms with Gasteiger partial charge in [0.25, 0.3) is 0 Å². The highest BCUT2D eigenvalue weighted by molar-refractivity contribution is 7.89. The van der Waals surface area contributed by atoms with Gasteiger partial charge < -0.3 is 24.1 Å². The maximum Gasteiger partial charge on any atom is 0.341 e. The molecule has 0 spiro atoms. The Hall–Kier alpha value is -3.80. The molecule has 0 bridgehead atoms. The maximum atomic E-state index is 13.4. The van der Waals surface area contributed by atoms with Crippen molar-refractivity contribution in [2.75, 3.05) is 34.0 Å². The number of carboxylic acids is 1. The molecule has 0 amide bonds. The van der Waals surface area contributed by atoms with Crippen LogP contribution in [0.2, 0.25) is 5.02 Å². The van der Waals surface area contributed by atoms with Crippen LogP contribution in [0.25, 0.3) is 0 Å². The van der Waals surface area contributed by atoms with Crippen LogP contribution >= 0.6 is 11.6 Å². The second kappa shape index (κ2) is 14.6. The zero-order chi connectivity index (χ0) is 31.0. The predicted molar refractivity (Wildman–Crippen MR) is 160 cm³/mol. The Morgan fingerprint density at radius 1 is 0.977 bits per heavy atom. The molecule has 3 aromatic rings. The number of methoxy groups -OCH3 is 2. The van der Waals surface area contributed by atoms with E-state index in [-0.39, 0.29) is 23.1 Å². The van der Waals surface area contributed by atoms with Crippen LogP contribution in [-0.2, 0) is 24.3 Å². The summed E-state index contributed by atoms with van der Waals surface area (Å²) in [6.45, 7) is -0.368. The number of benzene rings is 3. The summed E-state index contributed by atoms with van der Waals surface area (Å²) in [5.74, 6) is -0.736. The zero-order valence-electron chi connectivity index (χ0n) is 23.9. The highest BCUT2D eigenvalue weighted by atomic mass is 35.5. The number of ether oxygens (including phenoxy) is 4. The van der Waals surface area contributed by atoms with Crippen LogP contribution in [0.3, 0.4) is 0 Å². The molecule has 1 aliphatic heterocycles. The molecule has 43 heavy (non-hydrogen) atoms. The highest BCUT2D eigenvalue weighted by Gasteiger charge is 2.38. The van der Waals surface area contributed by atoms with Crippen LogP contribution in [0.5, 0.6) is 17.2 Å². The fourth-order valence-corrected chi connectivity index (χ4v) is 7.12. The van der Waals surface area contributed by atoms with Gasteiger partial charge >= 0.3 is 11.9 Å². The lowest BCUT2D eigenvalue weighted by Crippen LogP contribution is -2.48. The third kappa shape index (κ3) is 7.78. The van der Waals surface area contributed by atoms with Crippen molar-refractivity contribution in [1.29, 1.82) is 0 Å².